The summed E-state index contributed by atoms with van der Waals surface area (Å²) in [5, 5.41) is 0. The normalized spacial score (nSPS) is 46.1. The summed E-state index contributed by atoms with van der Waals surface area (Å²) in [6, 6.07) is 0. The van der Waals surface area contributed by atoms with Gasteiger partial charge in [0.25, 0.3) is 0 Å². The summed E-state index contributed by atoms with van der Waals surface area (Å²) < 4.78 is 23.9. The lowest BCUT2D eigenvalue weighted by Gasteiger charge is -2.41. The molecular weight excluding hydrogens is 276 g/mol. The van der Waals surface area contributed by atoms with Gasteiger partial charge in [-0.1, -0.05) is 0 Å². The highest BCUT2D eigenvalue weighted by Gasteiger charge is 2.47. The monoisotopic (exact) mass is 298 g/mol. The van der Waals surface area contributed by atoms with Crippen LogP contribution in [0.1, 0.15) is 0 Å². The number of rotatable bonds is 2. The molecule has 10 heteroatoms. The highest BCUT2D eigenvalue weighted by molar-refractivity contribution is 6.84. The summed E-state index contributed by atoms with van der Waals surface area (Å²) in [5.41, 5.74) is 0. The minimum atomic E-state index is -2.36. The van der Waals surface area contributed by atoms with Crippen LogP contribution in [0.15, 0.2) is 0 Å². The molecule has 1 aliphatic heterocycles. The van der Waals surface area contributed by atoms with Crippen molar-refractivity contribution in [2.45, 2.75) is 26.2 Å². The van der Waals surface area contributed by atoms with E-state index in [1.807, 2.05) is 40.3 Å². The van der Waals surface area contributed by atoms with E-state index in [0.717, 1.165) is 0 Å². The third-order valence-corrected chi connectivity index (χ3v) is 16.7. The average Bonchev–Trinajstić information content (AvgIpc) is 2.14. The van der Waals surface area contributed by atoms with Crippen LogP contribution >= 0.6 is 0 Å². The van der Waals surface area contributed by atoms with E-state index in [1.165, 1.54) is 0 Å². The Morgan fingerprint density at radius 3 is 1.56 bits per heavy atom. The fourth-order valence-corrected chi connectivity index (χ4v) is 16.3. The average molecular weight is 299 g/mol. The second kappa shape index (κ2) is 5.51. The fourth-order valence-electron chi connectivity index (χ4n) is 1.60. The summed E-state index contributed by atoms with van der Waals surface area (Å²) in [7, 11) is -4.26. The molecule has 1 aliphatic rings. The SMILES string of the molecule is CN[Si]1(C)O[SiH](C)O[SiH](C)O[Si](C)(NC)O1. The van der Waals surface area contributed by atoms with Crippen molar-refractivity contribution in [3.8, 4) is 0 Å². The van der Waals surface area contributed by atoms with Crippen molar-refractivity contribution in [1.29, 1.82) is 0 Å². The van der Waals surface area contributed by atoms with Gasteiger partial charge in [-0.3, -0.25) is 9.96 Å². The summed E-state index contributed by atoms with van der Waals surface area (Å²) in [6.07, 6.45) is 0. The molecule has 0 bridgehead atoms. The molecule has 16 heavy (non-hydrogen) atoms. The van der Waals surface area contributed by atoms with Crippen molar-refractivity contribution in [2.75, 3.05) is 14.1 Å². The molecule has 0 aromatic heterocycles. The molecule has 2 N–H and O–H groups in total. The van der Waals surface area contributed by atoms with Crippen molar-refractivity contribution in [2.24, 2.45) is 0 Å². The van der Waals surface area contributed by atoms with Crippen molar-refractivity contribution in [1.82, 2.24) is 9.96 Å². The van der Waals surface area contributed by atoms with Gasteiger partial charge in [-0.15, -0.1) is 0 Å². The zero-order chi connectivity index (χ0) is 12.4. The van der Waals surface area contributed by atoms with Crippen LogP contribution < -0.4 is 9.96 Å². The Balaban J connectivity index is 2.85. The van der Waals surface area contributed by atoms with E-state index in [9.17, 15) is 0 Å². The molecule has 1 rings (SSSR count). The first-order valence-electron chi connectivity index (χ1n) is 5.41. The predicted octanol–water partition coefficient (Wildman–Crippen LogP) is -0.657. The summed E-state index contributed by atoms with van der Waals surface area (Å²) in [5.74, 6) is 0. The molecule has 0 amide bonds. The largest absolute Gasteiger partial charge is 0.420 e. The fraction of sp³-hybridized carbons (Fsp3) is 1.00. The molecule has 0 aromatic rings. The molecular formula is C6H22N2O4Si4. The summed E-state index contributed by atoms with van der Waals surface area (Å²) in [4.78, 5) is 6.32. The Bertz CT molecular complexity index is 229. The minimum absolute atomic E-state index is 1.63. The van der Waals surface area contributed by atoms with Gasteiger partial charge in [0.05, 0.1) is 0 Å². The van der Waals surface area contributed by atoms with E-state index in [-0.39, 0.29) is 0 Å². The maximum absolute atomic E-state index is 6.11. The van der Waals surface area contributed by atoms with Gasteiger partial charge in [-0.2, -0.15) is 0 Å². The number of hydrogen-bond donors (Lipinski definition) is 2. The highest BCUT2D eigenvalue weighted by atomic mass is 28.5. The van der Waals surface area contributed by atoms with Crippen molar-refractivity contribution < 1.29 is 16.5 Å². The number of nitrogens with one attached hydrogen (secondary N) is 2. The molecule has 4 unspecified atom stereocenters. The summed E-state index contributed by atoms with van der Waals surface area (Å²) in [6.45, 7) is 8.01. The molecule has 1 heterocycles. The van der Waals surface area contributed by atoms with E-state index >= 15 is 0 Å². The van der Waals surface area contributed by atoms with E-state index in [0.29, 0.717) is 0 Å². The Morgan fingerprint density at radius 1 is 0.875 bits per heavy atom. The molecule has 0 aromatic carbocycles. The second-order valence-corrected chi connectivity index (χ2v) is 14.8. The van der Waals surface area contributed by atoms with Gasteiger partial charge in [0, 0.05) is 0 Å². The van der Waals surface area contributed by atoms with Crippen LogP contribution in [0.4, 0.5) is 0 Å². The quantitative estimate of drug-likeness (QED) is 0.660. The second-order valence-electron chi connectivity index (χ2n) is 4.00. The van der Waals surface area contributed by atoms with E-state index in [1.54, 1.807) is 0 Å². The van der Waals surface area contributed by atoms with Crippen LogP contribution in [0.5, 0.6) is 0 Å². The van der Waals surface area contributed by atoms with Crippen LogP contribution in [0.3, 0.4) is 0 Å². The Labute approximate surface area is 103 Å². The van der Waals surface area contributed by atoms with Gasteiger partial charge in [-0.05, 0) is 40.3 Å². The highest BCUT2D eigenvalue weighted by Crippen LogP contribution is 2.18. The first-order chi connectivity index (χ1) is 7.32. The predicted molar refractivity (Wildman–Crippen MR) is 71.7 cm³/mol. The van der Waals surface area contributed by atoms with Gasteiger partial charge in [0.2, 0.25) is 0 Å². The van der Waals surface area contributed by atoms with Gasteiger partial charge in [0.1, 0.15) is 0 Å². The standard InChI is InChI=1S/C6H22N2O4Si4/c1-7-15(5)10-13(3)9-14(4)11-16(6,8-2)12-15/h7-8,13-14H,1-6H3. The van der Waals surface area contributed by atoms with Crippen molar-refractivity contribution >= 4 is 36.0 Å². The zero-order valence-electron chi connectivity index (χ0n) is 10.8. The molecule has 0 saturated carbocycles. The van der Waals surface area contributed by atoms with Gasteiger partial charge in [-0.25, -0.2) is 0 Å². The lowest BCUT2D eigenvalue weighted by molar-refractivity contribution is 0.243. The topological polar surface area (TPSA) is 61.0 Å². The molecule has 96 valence electrons. The smallest absolute Gasteiger partial charge is 0.404 e. The molecule has 0 aliphatic carbocycles. The molecule has 0 radical (unpaired) electrons. The third-order valence-electron chi connectivity index (χ3n) is 2.46. The molecule has 0 spiro atoms. The van der Waals surface area contributed by atoms with Crippen molar-refractivity contribution in [3.05, 3.63) is 0 Å². The van der Waals surface area contributed by atoms with Gasteiger partial charge >= 0.3 is 36.0 Å². The van der Waals surface area contributed by atoms with Crippen LogP contribution in [0.25, 0.3) is 0 Å². The maximum Gasteiger partial charge on any atom is 0.404 e. The van der Waals surface area contributed by atoms with Crippen LogP contribution in [0, 0.1) is 0 Å². The van der Waals surface area contributed by atoms with Crippen molar-refractivity contribution in [3.63, 3.8) is 0 Å². The maximum atomic E-state index is 6.11. The number of hydrogen-bond acceptors (Lipinski definition) is 6. The molecule has 6 nitrogen and oxygen atoms in total. The third kappa shape index (κ3) is 3.83. The lowest BCUT2D eigenvalue weighted by Crippen LogP contribution is -2.68. The van der Waals surface area contributed by atoms with Crippen LogP contribution in [0.2, 0.25) is 26.2 Å². The summed E-state index contributed by atoms with van der Waals surface area (Å²) >= 11 is 0. The minimum Gasteiger partial charge on any atom is -0.420 e. The molecule has 1 saturated heterocycles. The van der Waals surface area contributed by atoms with Gasteiger partial charge in [0.15, 0.2) is 0 Å². The van der Waals surface area contributed by atoms with E-state index < -0.39 is 36.0 Å². The zero-order valence-corrected chi connectivity index (χ0v) is 15.1. The Hall–Kier alpha value is 0.628. The van der Waals surface area contributed by atoms with E-state index in [4.69, 9.17) is 16.5 Å². The first kappa shape index (κ1) is 14.7. The first-order valence-corrected chi connectivity index (χ1v) is 14.2. The molecule has 4 atom stereocenters. The van der Waals surface area contributed by atoms with E-state index in [2.05, 4.69) is 9.96 Å². The Kier molecular flexibility index (Phi) is 5.06. The van der Waals surface area contributed by atoms with Crippen LogP contribution in [-0.2, 0) is 16.5 Å². The lowest BCUT2D eigenvalue weighted by atomic mass is 11.6. The van der Waals surface area contributed by atoms with Crippen LogP contribution in [-0.4, -0.2) is 50.1 Å². The van der Waals surface area contributed by atoms with Gasteiger partial charge < -0.3 is 16.5 Å². The molecule has 1 fully saturated rings. The Morgan fingerprint density at radius 2 is 1.25 bits per heavy atom.